The van der Waals surface area contributed by atoms with Crippen molar-refractivity contribution in [2.45, 2.75) is 40.2 Å². The molecule has 1 heterocycles. The lowest BCUT2D eigenvalue weighted by molar-refractivity contribution is 0.0526. The lowest BCUT2D eigenvalue weighted by Gasteiger charge is -2.24. The number of esters is 1. The summed E-state index contributed by atoms with van der Waals surface area (Å²) in [6, 6.07) is 9.94. The van der Waals surface area contributed by atoms with Gasteiger partial charge in [0.15, 0.2) is 11.5 Å². The number of rotatable bonds is 13. The highest BCUT2D eigenvalue weighted by atomic mass is 16.5. The summed E-state index contributed by atoms with van der Waals surface area (Å²) in [5.74, 6) is 0.574. The number of fused-ring (bicyclic) bond motifs is 1. The Labute approximate surface area is 228 Å². The minimum atomic E-state index is -0.538. The fraction of sp³-hybridized carbons (Fsp3) is 0.414. The highest BCUT2D eigenvalue weighted by molar-refractivity contribution is 6.07. The van der Waals surface area contributed by atoms with Crippen molar-refractivity contribution in [2.75, 3.05) is 39.3 Å². The fourth-order valence-corrected chi connectivity index (χ4v) is 4.03. The van der Waals surface area contributed by atoms with Crippen LogP contribution in [0.1, 0.15) is 53.6 Å². The number of amides is 1. The van der Waals surface area contributed by atoms with Crippen molar-refractivity contribution in [1.82, 2.24) is 10.3 Å². The maximum absolute atomic E-state index is 13.1. The van der Waals surface area contributed by atoms with E-state index in [1.807, 2.05) is 13.8 Å². The number of methoxy groups -OCH3 is 1. The van der Waals surface area contributed by atoms with Gasteiger partial charge in [0.2, 0.25) is 0 Å². The Morgan fingerprint density at radius 1 is 1.10 bits per heavy atom. The Morgan fingerprint density at radius 3 is 2.54 bits per heavy atom. The summed E-state index contributed by atoms with van der Waals surface area (Å²) >= 11 is 0. The number of pyridine rings is 1. The number of ether oxygens (including phenoxy) is 4. The molecule has 39 heavy (non-hydrogen) atoms. The molecule has 210 valence electrons. The largest absolute Gasteiger partial charge is 0.493 e. The normalized spacial score (nSPS) is 11.8. The molecule has 4 N–H and O–H groups in total. The van der Waals surface area contributed by atoms with Gasteiger partial charge in [0.25, 0.3) is 5.91 Å². The van der Waals surface area contributed by atoms with E-state index in [0.29, 0.717) is 52.4 Å². The van der Waals surface area contributed by atoms with Crippen LogP contribution in [-0.2, 0) is 4.74 Å². The number of aryl methyl sites for hydroxylation is 1. The first kappa shape index (κ1) is 29.5. The average molecular weight is 540 g/mol. The van der Waals surface area contributed by atoms with Gasteiger partial charge in [-0.15, -0.1) is 0 Å². The number of aliphatic hydroxyl groups is 1. The second kappa shape index (κ2) is 13.7. The number of carbonyl (C=O) groups is 2. The maximum atomic E-state index is 13.1. The van der Waals surface area contributed by atoms with E-state index in [1.54, 1.807) is 50.2 Å². The number of carbonyl (C=O) groups excluding carboxylic acids is 2. The molecule has 1 amide bonds. The molecule has 0 bridgehead atoms. The van der Waals surface area contributed by atoms with Crippen LogP contribution >= 0.6 is 0 Å². The molecule has 0 saturated heterocycles. The zero-order valence-corrected chi connectivity index (χ0v) is 23.1. The predicted octanol–water partition coefficient (Wildman–Crippen LogP) is 3.91. The Hall–Kier alpha value is -4.05. The number of anilines is 1. The van der Waals surface area contributed by atoms with Crippen LogP contribution in [0.15, 0.2) is 36.4 Å². The van der Waals surface area contributed by atoms with Crippen molar-refractivity contribution in [1.29, 1.82) is 0 Å². The van der Waals surface area contributed by atoms with Crippen LogP contribution in [0.5, 0.6) is 17.2 Å². The minimum Gasteiger partial charge on any atom is -0.493 e. The topological polar surface area (TPSA) is 142 Å². The zero-order valence-electron chi connectivity index (χ0n) is 23.1. The van der Waals surface area contributed by atoms with Gasteiger partial charge >= 0.3 is 5.97 Å². The van der Waals surface area contributed by atoms with Gasteiger partial charge in [-0.05, 0) is 50.1 Å². The van der Waals surface area contributed by atoms with E-state index in [0.717, 1.165) is 0 Å². The third-order valence-electron chi connectivity index (χ3n) is 6.20. The number of aliphatic hydroxyl groups excluding tert-OH is 1. The molecule has 3 rings (SSSR count). The molecule has 0 unspecified atom stereocenters. The summed E-state index contributed by atoms with van der Waals surface area (Å²) in [6.07, 6.45) is 0.490. The number of nitrogen functional groups attached to an aromatic ring is 1. The number of nitrogens with one attached hydrogen (secondary N) is 1. The van der Waals surface area contributed by atoms with Crippen molar-refractivity contribution >= 4 is 28.5 Å². The SMILES string of the molecule is CCOC(=O)c1c(C)nc2cccc(OC[C@@H](NC(=O)c3ccc(OCCCO)c(OC)c3)C(C)C)c2c1N. The highest BCUT2D eigenvalue weighted by Gasteiger charge is 2.23. The second-order valence-electron chi connectivity index (χ2n) is 9.28. The number of benzene rings is 2. The third-order valence-corrected chi connectivity index (χ3v) is 6.20. The molecule has 2 aromatic carbocycles. The number of hydrogen-bond acceptors (Lipinski definition) is 9. The highest BCUT2D eigenvalue weighted by Crippen LogP contribution is 2.34. The fourth-order valence-electron chi connectivity index (χ4n) is 4.03. The molecule has 0 spiro atoms. The average Bonchev–Trinajstić information content (AvgIpc) is 2.90. The summed E-state index contributed by atoms with van der Waals surface area (Å²) < 4.78 is 22.3. The van der Waals surface area contributed by atoms with E-state index < -0.39 is 5.97 Å². The van der Waals surface area contributed by atoms with Crippen LogP contribution in [0.2, 0.25) is 0 Å². The van der Waals surface area contributed by atoms with Crippen molar-refractivity contribution in [3.63, 3.8) is 0 Å². The number of nitrogens with two attached hydrogens (primary N) is 1. The van der Waals surface area contributed by atoms with E-state index in [4.69, 9.17) is 29.8 Å². The molecule has 0 fully saturated rings. The molecule has 1 aromatic heterocycles. The first-order chi connectivity index (χ1) is 18.7. The van der Waals surface area contributed by atoms with Gasteiger partial charge in [0.1, 0.15) is 17.9 Å². The third kappa shape index (κ3) is 7.08. The maximum Gasteiger partial charge on any atom is 0.342 e. The minimum absolute atomic E-state index is 0.0234. The Balaban J connectivity index is 1.80. The first-order valence-corrected chi connectivity index (χ1v) is 12.9. The predicted molar refractivity (Wildman–Crippen MR) is 149 cm³/mol. The number of nitrogens with zero attached hydrogens (tertiary/aromatic N) is 1. The summed E-state index contributed by atoms with van der Waals surface area (Å²) in [5.41, 5.74) is 8.35. The van der Waals surface area contributed by atoms with Crippen LogP contribution < -0.4 is 25.3 Å². The van der Waals surface area contributed by atoms with Gasteiger partial charge in [-0.1, -0.05) is 19.9 Å². The monoisotopic (exact) mass is 539 g/mol. The molecular formula is C29H37N3O7. The van der Waals surface area contributed by atoms with Crippen LogP contribution in [0, 0.1) is 12.8 Å². The molecule has 0 saturated carbocycles. The molecule has 10 heteroatoms. The van der Waals surface area contributed by atoms with Crippen molar-refractivity contribution in [3.05, 3.63) is 53.2 Å². The second-order valence-corrected chi connectivity index (χ2v) is 9.28. The quantitative estimate of drug-likeness (QED) is 0.218. The molecule has 0 aliphatic rings. The molecular weight excluding hydrogens is 502 g/mol. The van der Waals surface area contributed by atoms with Gasteiger partial charge < -0.3 is 35.1 Å². The van der Waals surface area contributed by atoms with E-state index >= 15 is 0 Å². The Kier molecular flexibility index (Phi) is 10.3. The molecule has 10 nitrogen and oxygen atoms in total. The lowest BCUT2D eigenvalue weighted by Crippen LogP contribution is -2.42. The van der Waals surface area contributed by atoms with Crippen molar-refractivity contribution < 1.29 is 33.6 Å². The molecule has 3 aromatic rings. The number of hydrogen-bond donors (Lipinski definition) is 3. The Morgan fingerprint density at radius 2 is 1.87 bits per heavy atom. The summed E-state index contributed by atoms with van der Waals surface area (Å²) in [7, 11) is 1.50. The number of aromatic nitrogens is 1. The van der Waals surface area contributed by atoms with Gasteiger partial charge in [-0.3, -0.25) is 9.78 Å². The van der Waals surface area contributed by atoms with E-state index in [2.05, 4.69) is 10.3 Å². The zero-order chi connectivity index (χ0) is 28.5. The van der Waals surface area contributed by atoms with Gasteiger partial charge in [-0.2, -0.15) is 0 Å². The summed E-state index contributed by atoms with van der Waals surface area (Å²) in [6.45, 7) is 8.13. The van der Waals surface area contributed by atoms with E-state index in [1.165, 1.54) is 7.11 Å². The van der Waals surface area contributed by atoms with Crippen LogP contribution in [-0.4, -0.2) is 61.5 Å². The molecule has 0 aliphatic carbocycles. The standard InChI is InChI=1S/C29H37N3O7/c1-6-37-29(35)25-18(4)31-20-9-7-10-23(26(20)27(25)30)39-16-21(17(2)3)32-28(34)19-11-12-22(24(15-19)36-5)38-14-8-13-33/h7,9-12,15,17,21,33H,6,8,13-14,16H2,1-5H3,(H2,30,31)(H,32,34)/t21-/m1/s1. The van der Waals surface area contributed by atoms with Crippen LogP contribution in [0.25, 0.3) is 10.9 Å². The van der Waals surface area contributed by atoms with Gasteiger partial charge in [0.05, 0.1) is 48.6 Å². The smallest absolute Gasteiger partial charge is 0.342 e. The Bertz CT molecular complexity index is 1310. The van der Waals surface area contributed by atoms with E-state index in [9.17, 15) is 9.59 Å². The van der Waals surface area contributed by atoms with Gasteiger partial charge in [0, 0.05) is 18.6 Å². The summed E-state index contributed by atoms with van der Waals surface area (Å²) in [4.78, 5) is 30.2. The van der Waals surface area contributed by atoms with Crippen molar-refractivity contribution in [3.8, 4) is 17.2 Å². The van der Waals surface area contributed by atoms with Crippen LogP contribution in [0.4, 0.5) is 5.69 Å². The first-order valence-electron chi connectivity index (χ1n) is 12.9. The molecule has 0 radical (unpaired) electrons. The lowest BCUT2D eigenvalue weighted by atomic mass is 10.0. The van der Waals surface area contributed by atoms with Crippen molar-refractivity contribution in [2.24, 2.45) is 5.92 Å². The van der Waals surface area contributed by atoms with E-state index in [-0.39, 0.29) is 48.9 Å². The summed E-state index contributed by atoms with van der Waals surface area (Å²) in [5, 5.41) is 12.5. The molecule has 0 aliphatic heterocycles. The van der Waals surface area contributed by atoms with Crippen LogP contribution in [0.3, 0.4) is 0 Å². The molecule has 1 atom stereocenters. The van der Waals surface area contributed by atoms with Gasteiger partial charge in [-0.25, -0.2) is 4.79 Å².